The Bertz CT molecular complexity index is 1420. The van der Waals surface area contributed by atoms with Gasteiger partial charge in [0, 0.05) is 6.04 Å². The predicted molar refractivity (Wildman–Crippen MR) is 154 cm³/mol. The second-order valence-corrected chi connectivity index (χ2v) is 9.40. The summed E-state index contributed by atoms with van der Waals surface area (Å²) in [6, 6.07) is 20.0. The molecule has 3 aromatic carbocycles. The molecule has 4 rings (SSSR count). The lowest BCUT2D eigenvalue weighted by Gasteiger charge is -2.23. The van der Waals surface area contributed by atoms with Crippen molar-refractivity contribution in [3.05, 3.63) is 89.5 Å². The van der Waals surface area contributed by atoms with Crippen LogP contribution in [0, 0.1) is 0 Å². The average molecular weight is 557 g/mol. The molecule has 10 nitrogen and oxygen atoms in total. The maximum Gasteiger partial charge on any atom is 0.343 e. The highest BCUT2D eigenvalue weighted by molar-refractivity contribution is 6.40. The van der Waals surface area contributed by atoms with Crippen LogP contribution in [0.1, 0.15) is 65.3 Å². The Hall–Kier alpha value is -4.99. The Morgan fingerprint density at radius 1 is 0.878 bits per heavy atom. The first kappa shape index (κ1) is 29.0. The molecule has 0 radical (unpaired) electrons. The molecule has 3 amide bonds. The van der Waals surface area contributed by atoms with Crippen molar-refractivity contribution in [2.24, 2.45) is 5.10 Å². The van der Waals surface area contributed by atoms with Crippen LogP contribution in [0.15, 0.2) is 77.9 Å². The van der Waals surface area contributed by atoms with Crippen molar-refractivity contribution >= 4 is 35.6 Å². The van der Waals surface area contributed by atoms with E-state index in [2.05, 4.69) is 21.2 Å². The van der Waals surface area contributed by atoms with E-state index >= 15 is 0 Å². The maximum absolute atomic E-state index is 12.8. The number of esters is 1. The number of carbonyl (C=O) groups is 4. The van der Waals surface area contributed by atoms with Crippen molar-refractivity contribution in [2.75, 3.05) is 11.9 Å². The summed E-state index contributed by atoms with van der Waals surface area (Å²) in [5.74, 6) is -2.27. The van der Waals surface area contributed by atoms with E-state index in [1.165, 1.54) is 12.6 Å². The van der Waals surface area contributed by atoms with E-state index in [0.717, 1.165) is 25.7 Å². The van der Waals surface area contributed by atoms with Gasteiger partial charge in [0.2, 0.25) is 0 Å². The molecule has 10 heteroatoms. The number of benzene rings is 3. The molecule has 0 heterocycles. The van der Waals surface area contributed by atoms with Gasteiger partial charge in [-0.05, 0) is 67.8 Å². The number of hydrazone groups is 1. The zero-order valence-corrected chi connectivity index (χ0v) is 22.7. The van der Waals surface area contributed by atoms with Crippen LogP contribution < -0.4 is 25.5 Å². The minimum atomic E-state index is -1.01. The normalized spacial score (nSPS) is 13.3. The molecule has 3 aromatic rings. The van der Waals surface area contributed by atoms with Gasteiger partial charge in [-0.3, -0.25) is 14.4 Å². The molecule has 0 unspecified atom stereocenters. The van der Waals surface area contributed by atoms with Gasteiger partial charge in [0.05, 0.1) is 29.6 Å². The molecule has 0 saturated heterocycles. The molecule has 1 fully saturated rings. The summed E-state index contributed by atoms with van der Waals surface area (Å²) >= 11 is 0. The largest absolute Gasteiger partial charge is 0.490 e. The maximum atomic E-state index is 12.8. The number of para-hydroxylation sites is 1. The molecule has 1 aliphatic rings. The van der Waals surface area contributed by atoms with Gasteiger partial charge in [-0.25, -0.2) is 10.2 Å². The van der Waals surface area contributed by atoms with E-state index < -0.39 is 17.8 Å². The van der Waals surface area contributed by atoms with Gasteiger partial charge in [-0.15, -0.1) is 0 Å². The van der Waals surface area contributed by atoms with Crippen LogP contribution in [0.25, 0.3) is 0 Å². The highest BCUT2D eigenvalue weighted by Crippen LogP contribution is 2.29. The van der Waals surface area contributed by atoms with Crippen molar-refractivity contribution in [1.82, 2.24) is 10.7 Å². The number of nitrogens with one attached hydrogen (secondary N) is 3. The summed E-state index contributed by atoms with van der Waals surface area (Å²) < 4.78 is 11.1. The summed E-state index contributed by atoms with van der Waals surface area (Å²) in [5.41, 5.74) is 3.61. The first-order chi connectivity index (χ1) is 19.9. The molecule has 0 atom stereocenters. The molecule has 0 spiro atoms. The third kappa shape index (κ3) is 8.25. The SMILES string of the molecule is CCOc1cc(/C=N\NC(=O)C(=O)Nc2ccccc2C(=O)NC2CCCCC2)ccc1OC(=O)c1ccccc1. The van der Waals surface area contributed by atoms with Gasteiger partial charge < -0.3 is 20.1 Å². The van der Waals surface area contributed by atoms with E-state index in [4.69, 9.17) is 9.47 Å². The number of nitrogens with zero attached hydrogens (tertiary/aromatic N) is 1. The third-order valence-electron chi connectivity index (χ3n) is 6.43. The zero-order chi connectivity index (χ0) is 29.0. The van der Waals surface area contributed by atoms with E-state index in [1.54, 1.807) is 79.7 Å². The Morgan fingerprint density at radius 3 is 2.37 bits per heavy atom. The molecular formula is C31H32N4O6. The van der Waals surface area contributed by atoms with Crippen molar-refractivity contribution in [3.8, 4) is 11.5 Å². The van der Waals surface area contributed by atoms with Crippen molar-refractivity contribution in [1.29, 1.82) is 0 Å². The molecular weight excluding hydrogens is 524 g/mol. The van der Waals surface area contributed by atoms with Crippen LogP contribution >= 0.6 is 0 Å². The highest BCUT2D eigenvalue weighted by atomic mass is 16.6. The molecule has 41 heavy (non-hydrogen) atoms. The minimum Gasteiger partial charge on any atom is -0.490 e. The summed E-state index contributed by atoms with van der Waals surface area (Å²) in [7, 11) is 0. The Balaban J connectivity index is 1.35. The Kier molecular flexibility index (Phi) is 10.2. The molecule has 212 valence electrons. The smallest absolute Gasteiger partial charge is 0.343 e. The van der Waals surface area contributed by atoms with E-state index in [9.17, 15) is 19.2 Å². The number of anilines is 1. The number of carbonyl (C=O) groups excluding carboxylic acids is 4. The second-order valence-electron chi connectivity index (χ2n) is 9.40. The first-order valence-electron chi connectivity index (χ1n) is 13.5. The second kappa shape index (κ2) is 14.4. The minimum absolute atomic E-state index is 0.103. The Labute approximate surface area is 238 Å². The number of amides is 3. The van der Waals surface area contributed by atoms with E-state index in [-0.39, 0.29) is 28.9 Å². The lowest BCUT2D eigenvalue weighted by Crippen LogP contribution is -2.37. The van der Waals surface area contributed by atoms with Gasteiger partial charge in [-0.1, -0.05) is 49.6 Å². The molecule has 0 bridgehead atoms. The van der Waals surface area contributed by atoms with Gasteiger partial charge in [0.25, 0.3) is 5.91 Å². The highest BCUT2D eigenvalue weighted by Gasteiger charge is 2.21. The van der Waals surface area contributed by atoms with Gasteiger partial charge >= 0.3 is 17.8 Å². The summed E-state index contributed by atoms with van der Waals surface area (Å²) in [6.45, 7) is 2.12. The van der Waals surface area contributed by atoms with E-state index in [1.807, 2.05) is 0 Å². The summed E-state index contributed by atoms with van der Waals surface area (Å²) in [6.07, 6.45) is 6.48. The molecule has 0 aliphatic heterocycles. The Morgan fingerprint density at radius 2 is 1.61 bits per heavy atom. The molecule has 1 aliphatic carbocycles. The number of rotatable bonds is 9. The van der Waals surface area contributed by atoms with Crippen LogP contribution in [0.5, 0.6) is 11.5 Å². The first-order valence-corrected chi connectivity index (χ1v) is 13.5. The quantitative estimate of drug-likeness (QED) is 0.117. The molecule has 1 saturated carbocycles. The van der Waals surface area contributed by atoms with Crippen molar-refractivity contribution in [2.45, 2.75) is 45.1 Å². The average Bonchev–Trinajstić information content (AvgIpc) is 2.99. The lowest BCUT2D eigenvalue weighted by molar-refractivity contribution is -0.136. The van der Waals surface area contributed by atoms with Crippen molar-refractivity contribution in [3.63, 3.8) is 0 Å². The van der Waals surface area contributed by atoms with Gasteiger partial charge in [0.15, 0.2) is 11.5 Å². The van der Waals surface area contributed by atoms with Crippen LogP contribution in [-0.2, 0) is 9.59 Å². The fourth-order valence-electron chi connectivity index (χ4n) is 4.39. The molecule has 0 aromatic heterocycles. The number of ether oxygens (including phenoxy) is 2. The van der Waals surface area contributed by atoms with Crippen LogP contribution in [-0.4, -0.2) is 42.6 Å². The zero-order valence-electron chi connectivity index (χ0n) is 22.7. The lowest BCUT2D eigenvalue weighted by atomic mass is 9.95. The summed E-state index contributed by atoms with van der Waals surface area (Å²) in [5, 5.41) is 9.35. The number of hydrogen-bond acceptors (Lipinski definition) is 7. The van der Waals surface area contributed by atoms with Gasteiger partial charge in [0.1, 0.15) is 0 Å². The topological polar surface area (TPSA) is 135 Å². The van der Waals surface area contributed by atoms with E-state index in [0.29, 0.717) is 23.5 Å². The summed E-state index contributed by atoms with van der Waals surface area (Å²) in [4.78, 5) is 50.2. The van der Waals surface area contributed by atoms with Crippen LogP contribution in [0.2, 0.25) is 0 Å². The number of hydrogen-bond donors (Lipinski definition) is 3. The molecule has 3 N–H and O–H groups in total. The van der Waals surface area contributed by atoms with Gasteiger partial charge in [-0.2, -0.15) is 5.10 Å². The third-order valence-corrected chi connectivity index (χ3v) is 6.43. The fraction of sp³-hybridized carbons (Fsp3) is 0.258. The predicted octanol–water partition coefficient (Wildman–Crippen LogP) is 4.46. The van der Waals surface area contributed by atoms with Crippen LogP contribution in [0.3, 0.4) is 0 Å². The van der Waals surface area contributed by atoms with Crippen molar-refractivity contribution < 1.29 is 28.7 Å². The van der Waals surface area contributed by atoms with Crippen LogP contribution in [0.4, 0.5) is 5.69 Å². The fourth-order valence-corrected chi connectivity index (χ4v) is 4.39. The monoisotopic (exact) mass is 556 g/mol. The standard InChI is InChI=1S/C31H32N4O6/c1-2-40-27-19-21(17-18-26(27)41-31(39)22-11-5-3-6-12-22)20-32-35-30(38)29(37)34-25-16-10-9-15-24(25)28(36)33-23-13-7-4-8-14-23/h3,5-6,9-12,15-20,23H,2,4,7-8,13-14H2,1H3,(H,33,36)(H,34,37)(H,35,38)/b32-20-.